The summed E-state index contributed by atoms with van der Waals surface area (Å²) in [6.45, 7) is -0.233. The molecule has 2 rings (SSSR count). The predicted octanol–water partition coefficient (Wildman–Crippen LogP) is 3.47. The van der Waals surface area contributed by atoms with Gasteiger partial charge in [-0.3, -0.25) is 14.9 Å². The average molecular weight is 345 g/mol. The Morgan fingerprint density at radius 1 is 1.25 bits per heavy atom. The maximum Gasteiger partial charge on any atom is 0.416 e. The largest absolute Gasteiger partial charge is 0.416 e. The number of nitrogens with zero attached hydrogens (tertiary/aromatic N) is 1. The van der Waals surface area contributed by atoms with Crippen molar-refractivity contribution >= 4 is 17.3 Å². The van der Waals surface area contributed by atoms with Crippen molar-refractivity contribution in [2.75, 3.05) is 11.9 Å². The van der Waals surface area contributed by atoms with Gasteiger partial charge in [-0.05, 0) is 25.0 Å². The number of halogens is 3. The van der Waals surface area contributed by atoms with Gasteiger partial charge in [0, 0.05) is 12.1 Å². The van der Waals surface area contributed by atoms with E-state index in [2.05, 4.69) is 10.6 Å². The van der Waals surface area contributed by atoms with Gasteiger partial charge in [0.2, 0.25) is 5.91 Å². The molecule has 1 saturated carbocycles. The van der Waals surface area contributed by atoms with Crippen LogP contribution in [-0.4, -0.2) is 23.4 Å². The van der Waals surface area contributed by atoms with Crippen LogP contribution in [0.1, 0.15) is 37.7 Å². The number of carbonyl (C=O) groups is 1. The first kappa shape index (κ1) is 18.0. The Hall–Kier alpha value is -2.32. The minimum Gasteiger partial charge on any atom is -0.371 e. The first-order chi connectivity index (χ1) is 11.3. The highest BCUT2D eigenvalue weighted by atomic mass is 19.4. The number of alkyl halides is 3. The number of hydrogen-bond acceptors (Lipinski definition) is 4. The molecule has 0 radical (unpaired) electrons. The van der Waals surface area contributed by atoms with Gasteiger partial charge in [0.05, 0.1) is 17.0 Å². The van der Waals surface area contributed by atoms with Crippen molar-refractivity contribution in [1.29, 1.82) is 0 Å². The molecule has 1 aliphatic carbocycles. The maximum atomic E-state index is 12.6. The van der Waals surface area contributed by atoms with Crippen molar-refractivity contribution in [1.82, 2.24) is 5.32 Å². The van der Waals surface area contributed by atoms with Crippen molar-refractivity contribution in [3.05, 3.63) is 33.9 Å². The van der Waals surface area contributed by atoms with Crippen LogP contribution in [0.3, 0.4) is 0 Å². The van der Waals surface area contributed by atoms with Gasteiger partial charge in [-0.2, -0.15) is 13.2 Å². The lowest BCUT2D eigenvalue weighted by Gasteiger charge is -2.22. The summed E-state index contributed by atoms with van der Waals surface area (Å²) in [5.74, 6) is -0.337. The van der Waals surface area contributed by atoms with E-state index in [9.17, 15) is 28.1 Å². The van der Waals surface area contributed by atoms with Crippen molar-refractivity contribution in [2.45, 2.75) is 44.3 Å². The molecule has 1 aromatic carbocycles. The summed E-state index contributed by atoms with van der Waals surface area (Å²) in [4.78, 5) is 21.9. The second kappa shape index (κ2) is 7.50. The number of amides is 1. The fraction of sp³-hybridized carbons (Fsp3) is 0.533. The van der Waals surface area contributed by atoms with Crippen molar-refractivity contribution in [2.24, 2.45) is 0 Å². The van der Waals surface area contributed by atoms with E-state index in [1.807, 2.05) is 0 Å². The minimum absolute atomic E-state index is 0.0932. The maximum absolute atomic E-state index is 12.6. The molecule has 0 atom stereocenters. The molecule has 0 aromatic heterocycles. The van der Waals surface area contributed by atoms with Crippen LogP contribution in [0, 0.1) is 10.1 Å². The van der Waals surface area contributed by atoms with Crippen molar-refractivity contribution in [3.8, 4) is 0 Å². The van der Waals surface area contributed by atoms with Crippen LogP contribution in [-0.2, 0) is 11.0 Å². The lowest BCUT2D eigenvalue weighted by Crippen LogP contribution is -2.39. The Bertz CT molecular complexity index is 614. The summed E-state index contributed by atoms with van der Waals surface area (Å²) in [6.07, 6.45) is 0.355. The lowest BCUT2D eigenvalue weighted by atomic mass is 9.95. The van der Waals surface area contributed by atoms with Gasteiger partial charge in [0.25, 0.3) is 5.69 Å². The van der Waals surface area contributed by atoms with Gasteiger partial charge in [-0.15, -0.1) is 0 Å². The quantitative estimate of drug-likeness (QED) is 0.632. The number of nitrogens with one attached hydrogen (secondary N) is 2. The SMILES string of the molecule is O=C(CNc1ccc(C(F)(F)F)cc1[N+](=O)[O-])NC1CCCCC1. The van der Waals surface area contributed by atoms with E-state index in [1.165, 1.54) is 0 Å². The molecule has 2 N–H and O–H groups in total. The van der Waals surface area contributed by atoms with E-state index >= 15 is 0 Å². The molecule has 0 saturated heterocycles. The summed E-state index contributed by atoms with van der Waals surface area (Å²) < 4.78 is 37.9. The molecular weight excluding hydrogens is 327 g/mol. The minimum atomic E-state index is -4.67. The molecule has 1 aliphatic rings. The molecule has 6 nitrogen and oxygen atoms in total. The zero-order chi connectivity index (χ0) is 17.7. The van der Waals surface area contributed by atoms with Gasteiger partial charge in [0.15, 0.2) is 0 Å². The zero-order valence-electron chi connectivity index (χ0n) is 12.9. The van der Waals surface area contributed by atoms with E-state index in [0.29, 0.717) is 6.07 Å². The highest BCUT2D eigenvalue weighted by Crippen LogP contribution is 2.34. The first-order valence-electron chi connectivity index (χ1n) is 7.66. The normalized spacial score (nSPS) is 15.8. The van der Waals surface area contributed by atoms with E-state index < -0.39 is 22.4 Å². The second-order valence-electron chi connectivity index (χ2n) is 5.74. The number of anilines is 1. The van der Waals surface area contributed by atoms with Gasteiger partial charge in [-0.1, -0.05) is 19.3 Å². The smallest absolute Gasteiger partial charge is 0.371 e. The second-order valence-corrected chi connectivity index (χ2v) is 5.74. The molecule has 24 heavy (non-hydrogen) atoms. The molecule has 9 heteroatoms. The number of benzene rings is 1. The van der Waals surface area contributed by atoms with Gasteiger partial charge >= 0.3 is 6.18 Å². The molecule has 0 bridgehead atoms. The third-order valence-electron chi connectivity index (χ3n) is 3.93. The standard InChI is InChI=1S/C15H18F3N3O3/c16-15(17,18)10-6-7-12(13(8-10)21(23)24)19-9-14(22)20-11-4-2-1-3-5-11/h6-8,11,19H,1-5,9H2,(H,20,22). The highest BCUT2D eigenvalue weighted by molar-refractivity contribution is 5.82. The molecule has 1 fully saturated rings. The Labute approximate surface area is 136 Å². The van der Waals surface area contributed by atoms with Crippen LogP contribution in [0.2, 0.25) is 0 Å². The third-order valence-corrected chi connectivity index (χ3v) is 3.93. The monoisotopic (exact) mass is 345 g/mol. The van der Waals surface area contributed by atoms with Crippen LogP contribution in [0.5, 0.6) is 0 Å². The topological polar surface area (TPSA) is 84.3 Å². The Morgan fingerprint density at radius 3 is 2.50 bits per heavy atom. The summed E-state index contributed by atoms with van der Waals surface area (Å²) in [7, 11) is 0. The Morgan fingerprint density at radius 2 is 1.92 bits per heavy atom. The summed E-state index contributed by atoms with van der Waals surface area (Å²) in [5.41, 5.74) is -1.94. The van der Waals surface area contributed by atoms with Crippen molar-refractivity contribution in [3.63, 3.8) is 0 Å². The van der Waals surface area contributed by atoms with Crippen LogP contribution in [0.4, 0.5) is 24.5 Å². The first-order valence-corrected chi connectivity index (χ1v) is 7.66. The molecule has 0 unspecified atom stereocenters. The number of rotatable bonds is 5. The van der Waals surface area contributed by atoms with Crippen LogP contribution in [0.25, 0.3) is 0 Å². The number of nitro benzene ring substituents is 1. The van der Waals surface area contributed by atoms with Gasteiger partial charge in [-0.25, -0.2) is 0 Å². The van der Waals surface area contributed by atoms with Crippen LogP contribution >= 0.6 is 0 Å². The van der Waals surface area contributed by atoms with Crippen molar-refractivity contribution < 1.29 is 22.9 Å². The van der Waals surface area contributed by atoms with E-state index in [1.54, 1.807) is 0 Å². The summed E-state index contributed by atoms with van der Waals surface area (Å²) >= 11 is 0. The lowest BCUT2D eigenvalue weighted by molar-refractivity contribution is -0.384. The third kappa shape index (κ3) is 4.84. The van der Waals surface area contributed by atoms with Crippen LogP contribution in [0.15, 0.2) is 18.2 Å². The van der Waals surface area contributed by atoms with E-state index in [0.717, 1.165) is 44.2 Å². The van der Waals surface area contributed by atoms with E-state index in [4.69, 9.17) is 0 Å². The summed E-state index contributed by atoms with van der Waals surface area (Å²) in [5, 5.41) is 16.3. The predicted molar refractivity (Wildman–Crippen MR) is 81.6 cm³/mol. The fourth-order valence-electron chi connectivity index (χ4n) is 2.71. The molecule has 0 aliphatic heterocycles. The fourth-order valence-corrected chi connectivity index (χ4v) is 2.71. The molecule has 132 valence electrons. The zero-order valence-corrected chi connectivity index (χ0v) is 12.9. The molecular formula is C15H18F3N3O3. The average Bonchev–Trinajstić information content (AvgIpc) is 2.52. The molecule has 0 spiro atoms. The Balaban J connectivity index is 2.00. The summed E-state index contributed by atoms with van der Waals surface area (Å²) in [6, 6.07) is 2.26. The van der Waals surface area contributed by atoms with Gasteiger partial charge in [0.1, 0.15) is 5.69 Å². The highest BCUT2D eigenvalue weighted by Gasteiger charge is 2.33. The van der Waals surface area contributed by atoms with Gasteiger partial charge < -0.3 is 10.6 Å². The Kier molecular flexibility index (Phi) is 5.63. The van der Waals surface area contributed by atoms with E-state index in [-0.39, 0.29) is 24.2 Å². The number of hydrogen-bond donors (Lipinski definition) is 2. The number of carbonyl (C=O) groups excluding carboxylic acids is 1. The van der Waals surface area contributed by atoms with Crippen LogP contribution < -0.4 is 10.6 Å². The molecule has 1 aromatic rings. The molecule has 0 heterocycles. The number of nitro groups is 1. The molecule has 1 amide bonds.